The zero-order valence-corrected chi connectivity index (χ0v) is 15.7. The number of hydrogen-bond donors (Lipinski definition) is 1. The van der Waals surface area contributed by atoms with Crippen molar-refractivity contribution in [2.24, 2.45) is 5.92 Å². The third kappa shape index (κ3) is 4.98. The zero-order chi connectivity index (χ0) is 18.4. The summed E-state index contributed by atoms with van der Waals surface area (Å²) in [6, 6.07) is 18.4. The fraction of sp³-hybridized carbons (Fsp3) is 0.348. The Morgan fingerprint density at radius 2 is 1.88 bits per heavy atom. The van der Waals surface area contributed by atoms with Crippen molar-refractivity contribution < 1.29 is 4.79 Å². The lowest BCUT2D eigenvalue weighted by Gasteiger charge is -2.33. The first kappa shape index (κ1) is 18.2. The number of carbonyl (C=O) groups is 1. The first-order valence-electron chi connectivity index (χ1n) is 9.50. The molecule has 0 spiro atoms. The number of rotatable bonds is 5. The molecule has 1 amide bonds. The summed E-state index contributed by atoms with van der Waals surface area (Å²) in [5.74, 6) is 0.688. The van der Waals surface area contributed by atoms with Gasteiger partial charge < -0.3 is 10.2 Å². The number of nitrogens with zero attached hydrogens (tertiary/aromatic N) is 1. The van der Waals surface area contributed by atoms with Crippen LogP contribution in [0.15, 0.2) is 60.7 Å². The van der Waals surface area contributed by atoms with Crippen LogP contribution < -0.4 is 10.2 Å². The highest BCUT2D eigenvalue weighted by atomic mass is 16.1. The normalized spacial score (nSPS) is 18.7. The second-order valence-electron chi connectivity index (χ2n) is 7.26. The van der Waals surface area contributed by atoms with Crippen molar-refractivity contribution in [2.45, 2.75) is 32.7 Å². The van der Waals surface area contributed by atoms with E-state index in [0.29, 0.717) is 0 Å². The summed E-state index contributed by atoms with van der Waals surface area (Å²) in [5, 5.41) is 3.03. The molecule has 2 atom stereocenters. The van der Waals surface area contributed by atoms with E-state index in [1.54, 1.807) is 6.08 Å². The van der Waals surface area contributed by atoms with E-state index in [1.165, 1.54) is 18.5 Å². The molecule has 3 nitrogen and oxygen atoms in total. The van der Waals surface area contributed by atoms with E-state index < -0.39 is 0 Å². The summed E-state index contributed by atoms with van der Waals surface area (Å²) in [4.78, 5) is 14.6. The van der Waals surface area contributed by atoms with Gasteiger partial charge in [-0.15, -0.1) is 0 Å². The first-order chi connectivity index (χ1) is 12.6. The summed E-state index contributed by atoms with van der Waals surface area (Å²) >= 11 is 0. The molecule has 0 saturated carbocycles. The van der Waals surface area contributed by atoms with E-state index in [0.717, 1.165) is 30.1 Å². The lowest BCUT2D eigenvalue weighted by atomic mass is 9.99. The van der Waals surface area contributed by atoms with Crippen LogP contribution in [0.1, 0.15) is 43.9 Å². The molecule has 2 aromatic carbocycles. The molecular weight excluding hydrogens is 320 g/mol. The average molecular weight is 348 g/mol. The number of carbonyl (C=O) groups excluding carboxylic acids is 1. The molecule has 0 radical (unpaired) electrons. The van der Waals surface area contributed by atoms with E-state index in [4.69, 9.17) is 0 Å². The van der Waals surface area contributed by atoms with E-state index in [-0.39, 0.29) is 11.9 Å². The Labute approximate surface area is 156 Å². The molecule has 2 unspecified atom stereocenters. The molecule has 0 bridgehead atoms. The van der Waals surface area contributed by atoms with Gasteiger partial charge in [0, 0.05) is 24.9 Å². The Balaban J connectivity index is 1.56. The lowest BCUT2D eigenvalue weighted by molar-refractivity contribution is -0.117. The van der Waals surface area contributed by atoms with Crippen molar-refractivity contribution in [1.82, 2.24) is 5.32 Å². The number of hydrogen-bond acceptors (Lipinski definition) is 2. The van der Waals surface area contributed by atoms with Gasteiger partial charge in [-0.3, -0.25) is 4.79 Å². The molecule has 0 aromatic heterocycles. The summed E-state index contributed by atoms with van der Waals surface area (Å²) in [5.41, 5.74) is 3.43. The fourth-order valence-electron chi connectivity index (χ4n) is 3.48. The highest BCUT2D eigenvalue weighted by Crippen LogP contribution is 2.24. The van der Waals surface area contributed by atoms with Crippen LogP contribution in [0.4, 0.5) is 5.69 Å². The van der Waals surface area contributed by atoms with Gasteiger partial charge in [-0.25, -0.2) is 0 Å². The average Bonchev–Trinajstić information content (AvgIpc) is 2.67. The second-order valence-corrected chi connectivity index (χ2v) is 7.26. The number of anilines is 1. The van der Waals surface area contributed by atoms with Gasteiger partial charge in [-0.2, -0.15) is 0 Å². The third-order valence-corrected chi connectivity index (χ3v) is 5.00. The van der Waals surface area contributed by atoms with Gasteiger partial charge in [0.05, 0.1) is 6.04 Å². The van der Waals surface area contributed by atoms with Crippen LogP contribution in [0.25, 0.3) is 6.08 Å². The van der Waals surface area contributed by atoms with Crippen LogP contribution in [-0.4, -0.2) is 19.0 Å². The topological polar surface area (TPSA) is 32.3 Å². The van der Waals surface area contributed by atoms with E-state index >= 15 is 0 Å². The highest BCUT2D eigenvalue weighted by Gasteiger charge is 2.17. The molecule has 0 aliphatic carbocycles. The number of piperidine rings is 1. The molecular formula is C23H28N2O. The molecule has 3 rings (SSSR count). The number of amides is 1. The maximum Gasteiger partial charge on any atom is 0.244 e. The molecule has 136 valence electrons. The molecule has 3 heteroatoms. The highest BCUT2D eigenvalue weighted by molar-refractivity contribution is 5.91. The van der Waals surface area contributed by atoms with E-state index in [1.807, 2.05) is 43.3 Å². The van der Waals surface area contributed by atoms with Crippen LogP contribution in [0.3, 0.4) is 0 Å². The van der Waals surface area contributed by atoms with Crippen LogP contribution in [0.2, 0.25) is 0 Å². The van der Waals surface area contributed by atoms with Crippen molar-refractivity contribution in [3.8, 4) is 0 Å². The number of nitrogens with one attached hydrogen (secondary N) is 1. The molecule has 1 aliphatic heterocycles. The van der Waals surface area contributed by atoms with Crippen molar-refractivity contribution in [1.29, 1.82) is 0 Å². The molecule has 2 aromatic rings. The smallest absolute Gasteiger partial charge is 0.244 e. The molecule has 1 N–H and O–H groups in total. The summed E-state index contributed by atoms with van der Waals surface area (Å²) in [6.45, 7) is 6.61. The monoisotopic (exact) mass is 348 g/mol. The van der Waals surface area contributed by atoms with Gasteiger partial charge in [0.15, 0.2) is 0 Å². The Morgan fingerprint density at radius 1 is 1.15 bits per heavy atom. The summed E-state index contributed by atoms with van der Waals surface area (Å²) < 4.78 is 0. The van der Waals surface area contributed by atoms with Gasteiger partial charge in [0.1, 0.15) is 0 Å². The predicted octanol–water partition coefficient (Wildman–Crippen LogP) is 4.81. The molecule has 1 fully saturated rings. The molecule has 26 heavy (non-hydrogen) atoms. The zero-order valence-electron chi connectivity index (χ0n) is 15.7. The minimum atomic E-state index is -0.0738. The quantitative estimate of drug-likeness (QED) is 0.786. The third-order valence-electron chi connectivity index (χ3n) is 5.00. The Hall–Kier alpha value is -2.55. The predicted molar refractivity (Wildman–Crippen MR) is 109 cm³/mol. The standard InChI is InChI=1S/C23H28N2O/c1-18-7-6-16-25(17-18)22-13-11-21(12-14-22)19(2)24-23(26)15-10-20-8-4-3-5-9-20/h3-5,8-15,18-19H,6-7,16-17H2,1-2H3,(H,24,26)/b15-10+. The maximum absolute atomic E-state index is 12.1. The van der Waals surface area contributed by atoms with Gasteiger partial charge >= 0.3 is 0 Å². The molecule has 1 heterocycles. The largest absolute Gasteiger partial charge is 0.371 e. The van der Waals surface area contributed by atoms with Gasteiger partial charge in [-0.1, -0.05) is 49.4 Å². The summed E-state index contributed by atoms with van der Waals surface area (Å²) in [7, 11) is 0. The molecule has 1 aliphatic rings. The molecule has 1 saturated heterocycles. The SMILES string of the molecule is CC1CCCN(c2ccc(C(C)NC(=O)/C=C/c3ccccc3)cc2)C1. The van der Waals surface area contributed by atoms with Gasteiger partial charge in [-0.05, 0) is 55.0 Å². The minimum Gasteiger partial charge on any atom is -0.371 e. The second kappa shape index (κ2) is 8.70. The Morgan fingerprint density at radius 3 is 2.58 bits per heavy atom. The van der Waals surface area contributed by atoms with Gasteiger partial charge in [0.25, 0.3) is 0 Å². The van der Waals surface area contributed by atoms with E-state index in [2.05, 4.69) is 41.4 Å². The maximum atomic E-state index is 12.1. The van der Waals surface area contributed by atoms with Crippen LogP contribution in [-0.2, 0) is 4.79 Å². The van der Waals surface area contributed by atoms with Crippen LogP contribution >= 0.6 is 0 Å². The first-order valence-corrected chi connectivity index (χ1v) is 9.50. The summed E-state index contributed by atoms with van der Waals surface area (Å²) in [6.07, 6.45) is 6.02. The number of benzene rings is 2. The fourth-order valence-corrected chi connectivity index (χ4v) is 3.48. The van der Waals surface area contributed by atoms with Crippen molar-refractivity contribution in [2.75, 3.05) is 18.0 Å². The Bertz CT molecular complexity index is 737. The van der Waals surface area contributed by atoms with Crippen molar-refractivity contribution in [3.63, 3.8) is 0 Å². The van der Waals surface area contributed by atoms with Crippen molar-refractivity contribution >= 4 is 17.7 Å². The van der Waals surface area contributed by atoms with Gasteiger partial charge in [0.2, 0.25) is 5.91 Å². The lowest BCUT2D eigenvalue weighted by Crippen LogP contribution is -2.34. The van der Waals surface area contributed by atoms with E-state index in [9.17, 15) is 4.79 Å². The van der Waals surface area contributed by atoms with Crippen LogP contribution in [0.5, 0.6) is 0 Å². The van der Waals surface area contributed by atoms with Crippen LogP contribution in [0, 0.1) is 5.92 Å². The minimum absolute atomic E-state index is 0.0164. The van der Waals surface area contributed by atoms with Crippen molar-refractivity contribution in [3.05, 3.63) is 71.8 Å². The Kier molecular flexibility index (Phi) is 6.11.